The Morgan fingerprint density at radius 3 is 2.27 bits per heavy atom. The number of hydrogen-bond donors (Lipinski definition) is 3. The van der Waals surface area contributed by atoms with Gasteiger partial charge in [0, 0.05) is 16.3 Å². The van der Waals surface area contributed by atoms with Crippen LogP contribution in [-0.4, -0.2) is 34.7 Å². The first-order chi connectivity index (χ1) is 14.0. The van der Waals surface area contributed by atoms with Gasteiger partial charge in [0.2, 0.25) is 5.78 Å². The maximum absolute atomic E-state index is 12.7. The second-order valence-corrected chi connectivity index (χ2v) is 7.43. The van der Waals surface area contributed by atoms with E-state index in [2.05, 4.69) is 10.3 Å². The molecule has 2 rings (SSSR count). The Balaban J connectivity index is 2.12. The fraction of sp³-hybridized carbons (Fsp3) is 0.333. The van der Waals surface area contributed by atoms with Gasteiger partial charge in [-0.15, -0.1) is 0 Å². The monoisotopic (exact) mass is 433 g/mol. The SMILES string of the molecule is CC(=O)c1c(C)[nH]c(C(=O)[C@@H](C)OC(=O)C[C@@H](NC(N)=O)c2ccc(Cl)cc2)c1C. The van der Waals surface area contributed by atoms with Crippen molar-refractivity contribution >= 4 is 35.2 Å². The number of carbonyl (C=O) groups excluding carboxylic acids is 4. The van der Waals surface area contributed by atoms with E-state index in [4.69, 9.17) is 22.1 Å². The fourth-order valence-corrected chi connectivity index (χ4v) is 3.44. The van der Waals surface area contributed by atoms with Crippen LogP contribution in [0.5, 0.6) is 0 Å². The van der Waals surface area contributed by atoms with Crippen LogP contribution in [0.25, 0.3) is 0 Å². The molecule has 30 heavy (non-hydrogen) atoms. The second kappa shape index (κ2) is 9.58. The summed E-state index contributed by atoms with van der Waals surface area (Å²) in [6.07, 6.45) is -1.32. The third-order valence-corrected chi connectivity index (χ3v) is 4.93. The van der Waals surface area contributed by atoms with Gasteiger partial charge in [-0.2, -0.15) is 0 Å². The zero-order valence-electron chi connectivity index (χ0n) is 17.2. The number of benzene rings is 1. The van der Waals surface area contributed by atoms with Gasteiger partial charge in [-0.1, -0.05) is 23.7 Å². The Hall–Kier alpha value is -3.13. The summed E-state index contributed by atoms with van der Waals surface area (Å²) in [6.45, 7) is 6.23. The number of Topliss-reactive ketones (excluding diaryl/α,β-unsaturated/α-hetero) is 2. The molecule has 0 aliphatic rings. The number of urea groups is 1. The highest BCUT2D eigenvalue weighted by molar-refractivity contribution is 6.30. The van der Waals surface area contributed by atoms with Crippen LogP contribution in [0.1, 0.15) is 64.0 Å². The van der Waals surface area contributed by atoms with E-state index in [1.165, 1.54) is 13.8 Å². The third kappa shape index (κ3) is 5.48. The lowest BCUT2D eigenvalue weighted by Crippen LogP contribution is -2.35. The van der Waals surface area contributed by atoms with Gasteiger partial charge in [-0.05, 0) is 51.0 Å². The van der Waals surface area contributed by atoms with Gasteiger partial charge in [0.05, 0.1) is 18.2 Å². The molecule has 0 saturated carbocycles. The molecule has 1 heterocycles. The van der Waals surface area contributed by atoms with Gasteiger partial charge in [-0.25, -0.2) is 4.79 Å². The number of hydrogen-bond acceptors (Lipinski definition) is 5. The minimum absolute atomic E-state index is 0.159. The van der Waals surface area contributed by atoms with E-state index < -0.39 is 29.9 Å². The lowest BCUT2D eigenvalue weighted by atomic mass is 10.0. The molecular weight excluding hydrogens is 410 g/mol. The highest BCUT2D eigenvalue weighted by Crippen LogP contribution is 2.22. The molecule has 0 unspecified atom stereocenters. The van der Waals surface area contributed by atoms with Crippen molar-refractivity contribution < 1.29 is 23.9 Å². The van der Waals surface area contributed by atoms with Crippen molar-refractivity contribution in [2.45, 2.75) is 46.3 Å². The predicted molar refractivity (Wildman–Crippen MR) is 112 cm³/mol. The molecule has 2 atom stereocenters. The van der Waals surface area contributed by atoms with Crippen LogP contribution in [-0.2, 0) is 9.53 Å². The van der Waals surface area contributed by atoms with Gasteiger partial charge >= 0.3 is 12.0 Å². The highest BCUT2D eigenvalue weighted by atomic mass is 35.5. The summed E-state index contributed by atoms with van der Waals surface area (Å²) in [5, 5.41) is 2.98. The normalized spacial score (nSPS) is 12.7. The number of halogens is 1. The van der Waals surface area contributed by atoms with E-state index in [1.807, 2.05) is 0 Å². The van der Waals surface area contributed by atoms with Gasteiger partial charge in [0.25, 0.3) is 0 Å². The van der Waals surface area contributed by atoms with Crippen LogP contribution in [0.15, 0.2) is 24.3 Å². The molecule has 4 N–H and O–H groups in total. The number of carbonyl (C=O) groups is 4. The number of nitrogens with two attached hydrogens (primary N) is 1. The molecule has 0 aliphatic carbocycles. The number of amides is 2. The van der Waals surface area contributed by atoms with Crippen LogP contribution >= 0.6 is 11.6 Å². The van der Waals surface area contributed by atoms with E-state index in [1.54, 1.807) is 38.1 Å². The standard InChI is InChI=1S/C21H24ClN3O5/c1-10-18(12(3)26)11(2)24-19(10)20(28)13(4)30-17(27)9-16(25-21(23)29)14-5-7-15(22)8-6-14/h5-8,13,16,24H,9H2,1-4H3,(H3,23,25,29)/t13-,16-/m1/s1. The highest BCUT2D eigenvalue weighted by Gasteiger charge is 2.27. The number of esters is 1. The summed E-state index contributed by atoms with van der Waals surface area (Å²) in [6, 6.07) is 4.99. The average Bonchev–Trinajstić information content (AvgIpc) is 2.94. The zero-order valence-corrected chi connectivity index (χ0v) is 17.9. The van der Waals surface area contributed by atoms with Crippen LogP contribution in [0, 0.1) is 13.8 Å². The molecule has 160 valence electrons. The minimum atomic E-state index is -1.09. The molecule has 0 bridgehead atoms. The largest absolute Gasteiger partial charge is 0.454 e. The van der Waals surface area contributed by atoms with E-state index >= 15 is 0 Å². The maximum atomic E-state index is 12.7. The Bertz CT molecular complexity index is 981. The lowest BCUT2D eigenvalue weighted by molar-refractivity contribution is -0.146. The number of nitrogens with one attached hydrogen (secondary N) is 2. The maximum Gasteiger partial charge on any atom is 0.312 e. The van der Waals surface area contributed by atoms with Crippen molar-refractivity contribution in [3.05, 3.63) is 57.4 Å². The quantitative estimate of drug-likeness (QED) is 0.433. The van der Waals surface area contributed by atoms with E-state index in [-0.39, 0.29) is 17.9 Å². The number of H-pyrrole nitrogens is 1. The van der Waals surface area contributed by atoms with Crippen LogP contribution < -0.4 is 11.1 Å². The Kier molecular flexibility index (Phi) is 7.39. The first kappa shape index (κ1) is 23.2. The van der Waals surface area contributed by atoms with Gasteiger partial charge in [0.1, 0.15) is 0 Å². The molecule has 0 saturated heterocycles. The summed E-state index contributed by atoms with van der Waals surface area (Å²) >= 11 is 5.87. The van der Waals surface area contributed by atoms with Crippen molar-refractivity contribution in [2.75, 3.05) is 0 Å². The topological polar surface area (TPSA) is 131 Å². The summed E-state index contributed by atoms with van der Waals surface area (Å²) in [7, 11) is 0. The Labute approximate surface area is 179 Å². The van der Waals surface area contributed by atoms with Crippen molar-refractivity contribution in [1.29, 1.82) is 0 Å². The summed E-state index contributed by atoms with van der Waals surface area (Å²) < 4.78 is 5.28. The number of ketones is 2. The molecule has 1 aromatic heterocycles. The van der Waals surface area contributed by atoms with Gasteiger partial charge in [-0.3, -0.25) is 14.4 Å². The fourth-order valence-electron chi connectivity index (χ4n) is 3.31. The van der Waals surface area contributed by atoms with E-state index in [0.717, 1.165) is 0 Å². The molecular formula is C21H24ClN3O5. The lowest BCUT2D eigenvalue weighted by Gasteiger charge is -2.19. The molecule has 2 aromatic rings. The van der Waals surface area contributed by atoms with Crippen LogP contribution in [0.2, 0.25) is 5.02 Å². The number of aryl methyl sites for hydroxylation is 1. The number of aromatic nitrogens is 1. The van der Waals surface area contributed by atoms with Gasteiger partial charge in [0.15, 0.2) is 11.9 Å². The summed E-state index contributed by atoms with van der Waals surface area (Å²) in [4.78, 5) is 51.2. The molecule has 0 radical (unpaired) electrons. The second-order valence-electron chi connectivity index (χ2n) is 6.99. The smallest absolute Gasteiger partial charge is 0.312 e. The van der Waals surface area contributed by atoms with Crippen molar-refractivity contribution in [1.82, 2.24) is 10.3 Å². The van der Waals surface area contributed by atoms with E-state index in [0.29, 0.717) is 27.4 Å². The predicted octanol–water partition coefficient (Wildman–Crippen LogP) is 3.40. The third-order valence-electron chi connectivity index (χ3n) is 4.67. The molecule has 0 aliphatic heterocycles. The minimum Gasteiger partial charge on any atom is -0.454 e. The molecule has 1 aromatic carbocycles. The Morgan fingerprint density at radius 1 is 1.17 bits per heavy atom. The molecule has 0 spiro atoms. The zero-order chi connectivity index (χ0) is 22.6. The average molecular weight is 434 g/mol. The number of rotatable bonds is 8. The summed E-state index contributed by atoms with van der Waals surface area (Å²) in [5.74, 6) is -1.31. The Morgan fingerprint density at radius 2 is 1.77 bits per heavy atom. The summed E-state index contributed by atoms with van der Waals surface area (Å²) in [5.41, 5.74) is 7.58. The molecule has 8 nitrogen and oxygen atoms in total. The molecule has 9 heteroatoms. The number of aromatic amines is 1. The first-order valence-electron chi connectivity index (χ1n) is 9.26. The van der Waals surface area contributed by atoms with E-state index in [9.17, 15) is 19.2 Å². The molecule has 0 fully saturated rings. The number of ether oxygens (including phenoxy) is 1. The van der Waals surface area contributed by atoms with Crippen molar-refractivity contribution in [3.8, 4) is 0 Å². The molecule has 2 amide bonds. The number of primary amides is 1. The van der Waals surface area contributed by atoms with Crippen molar-refractivity contribution in [2.24, 2.45) is 5.73 Å². The first-order valence-corrected chi connectivity index (χ1v) is 9.64. The van der Waals surface area contributed by atoms with Crippen LogP contribution in [0.4, 0.5) is 4.79 Å². The van der Waals surface area contributed by atoms with Crippen LogP contribution in [0.3, 0.4) is 0 Å². The van der Waals surface area contributed by atoms with Crippen molar-refractivity contribution in [3.63, 3.8) is 0 Å². The van der Waals surface area contributed by atoms with Gasteiger partial charge < -0.3 is 20.8 Å².